The third kappa shape index (κ3) is 2.90. The molecule has 0 bridgehead atoms. The van der Waals surface area contributed by atoms with Crippen LogP contribution in [0.15, 0.2) is 24.9 Å². The first-order valence-corrected chi connectivity index (χ1v) is 5.62. The summed E-state index contributed by atoms with van der Waals surface area (Å²) in [7, 11) is 1.82. The molecule has 0 aromatic carbocycles. The third-order valence-electron chi connectivity index (χ3n) is 2.61. The molecule has 4 nitrogen and oxygen atoms in total. The Kier molecular flexibility index (Phi) is 3.66. The average molecular weight is 235 g/mol. The first kappa shape index (κ1) is 13.4. The first-order valence-electron chi connectivity index (χ1n) is 5.62. The van der Waals surface area contributed by atoms with Gasteiger partial charge in [0.15, 0.2) is 0 Å². The highest BCUT2D eigenvalue weighted by molar-refractivity contribution is 5.94. The summed E-state index contributed by atoms with van der Waals surface area (Å²) in [5.74, 6) is -0.0309. The molecule has 0 aliphatic heterocycles. The maximum atomic E-state index is 12.4. The van der Waals surface area contributed by atoms with Crippen molar-refractivity contribution in [1.29, 1.82) is 0 Å². The van der Waals surface area contributed by atoms with E-state index in [0.717, 1.165) is 0 Å². The normalized spacial score (nSPS) is 11.3. The number of nitrogens with two attached hydrogens (primary N) is 1. The minimum absolute atomic E-state index is 0.0309. The van der Waals surface area contributed by atoms with Crippen molar-refractivity contribution < 1.29 is 4.79 Å². The molecule has 0 unspecified atom stereocenters. The minimum atomic E-state index is -0.246. The minimum Gasteiger partial charge on any atom is -0.397 e. The van der Waals surface area contributed by atoms with Crippen LogP contribution in [0.25, 0.3) is 0 Å². The number of rotatable bonds is 3. The Morgan fingerprint density at radius 1 is 1.59 bits per heavy atom. The van der Waals surface area contributed by atoms with Crippen molar-refractivity contribution in [3.8, 4) is 0 Å². The van der Waals surface area contributed by atoms with Gasteiger partial charge in [0, 0.05) is 25.3 Å². The summed E-state index contributed by atoms with van der Waals surface area (Å²) in [5.41, 5.74) is 6.64. The van der Waals surface area contributed by atoms with E-state index in [4.69, 9.17) is 5.73 Å². The highest BCUT2D eigenvalue weighted by Gasteiger charge is 2.27. The molecule has 1 aromatic rings. The van der Waals surface area contributed by atoms with Gasteiger partial charge in [0.05, 0.1) is 5.69 Å². The van der Waals surface area contributed by atoms with Crippen molar-refractivity contribution in [2.75, 3.05) is 12.3 Å². The highest BCUT2D eigenvalue weighted by atomic mass is 16.2. The number of aromatic nitrogens is 1. The van der Waals surface area contributed by atoms with Crippen molar-refractivity contribution in [3.05, 3.63) is 30.6 Å². The van der Waals surface area contributed by atoms with Crippen molar-refractivity contribution in [1.82, 2.24) is 9.47 Å². The van der Waals surface area contributed by atoms with Crippen LogP contribution in [0.1, 0.15) is 31.3 Å². The molecule has 4 heteroatoms. The molecule has 0 atom stereocenters. The Balaban J connectivity index is 3.08. The van der Waals surface area contributed by atoms with Crippen LogP contribution in [-0.2, 0) is 7.05 Å². The van der Waals surface area contributed by atoms with Gasteiger partial charge in [-0.1, -0.05) is 6.08 Å². The fraction of sp³-hybridized carbons (Fsp3) is 0.462. The van der Waals surface area contributed by atoms with E-state index in [1.807, 2.05) is 27.8 Å². The first-order chi connectivity index (χ1) is 7.77. The Labute approximate surface area is 103 Å². The van der Waals surface area contributed by atoms with Crippen molar-refractivity contribution in [2.45, 2.75) is 26.3 Å². The van der Waals surface area contributed by atoms with Gasteiger partial charge < -0.3 is 15.2 Å². The number of hydrogen-bond donors (Lipinski definition) is 1. The smallest absolute Gasteiger partial charge is 0.271 e. The maximum absolute atomic E-state index is 12.4. The molecule has 1 aromatic heterocycles. The monoisotopic (exact) mass is 235 g/mol. The predicted octanol–water partition coefficient (Wildman–Crippen LogP) is 2.03. The van der Waals surface area contributed by atoms with Crippen LogP contribution in [0.5, 0.6) is 0 Å². The second-order valence-electron chi connectivity index (χ2n) is 5.14. The fourth-order valence-corrected chi connectivity index (χ4v) is 1.73. The number of hydrogen-bond acceptors (Lipinski definition) is 2. The van der Waals surface area contributed by atoms with E-state index in [1.54, 1.807) is 27.8 Å². The Morgan fingerprint density at radius 2 is 2.18 bits per heavy atom. The Bertz CT molecular complexity index is 426. The van der Waals surface area contributed by atoms with Crippen LogP contribution < -0.4 is 5.73 Å². The summed E-state index contributed by atoms with van der Waals surface area (Å²) < 4.78 is 1.75. The Hall–Kier alpha value is -1.71. The van der Waals surface area contributed by atoms with Crippen LogP contribution in [0.3, 0.4) is 0 Å². The van der Waals surface area contributed by atoms with Crippen molar-refractivity contribution in [2.24, 2.45) is 7.05 Å². The lowest BCUT2D eigenvalue weighted by Gasteiger charge is -2.35. The van der Waals surface area contributed by atoms with E-state index in [-0.39, 0.29) is 11.4 Å². The number of carbonyl (C=O) groups excluding carboxylic acids is 1. The summed E-state index contributed by atoms with van der Waals surface area (Å²) in [6, 6.07) is 1.70. The van der Waals surface area contributed by atoms with Gasteiger partial charge >= 0.3 is 0 Å². The van der Waals surface area contributed by atoms with Gasteiger partial charge in [0.1, 0.15) is 5.69 Å². The standard InChI is InChI=1S/C13H21N3O/c1-6-7-16(13(2,3)4)12(17)11-8-10(14)9-15(11)5/h6,8-9H,1,7,14H2,2-5H3. The van der Waals surface area contributed by atoms with Gasteiger partial charge in [-0.05, 0) is 26.8 Å². The van der Waals surface area contributed by atoms with Crippen molar-refractivity contribution in [3.63, 3.8) is 0 Å². The van der Waals surface area contributed by atoms with E-state index < -0.39 is 0 Å². The highest BCUT2D eigenvalue weighted by Crippen LogP contribution is 2.19. The predicted molar refractivity (Wildman–Crippen MR) is 70.8 cm³/mol. The lowest BCUT2D eigenvalue weighted by Crippen LogP contribution is -2.46. The van der Waals surface area contributed by atoms with E-state index in [2.05, 4.69) is 6.58 Å². The van der Waals surface area contributed by atoms with Crippen LogP contribution in [0.2, 0.25) is 0 Å². The van der Waals surface area contributed by atoms with Gasteiger partial charge in [-0.25, -0.2) is 0 Å². The summed E-state index contributed by atoms with van der Waals surface area (Å²) in [6.45, 7) is 10.2. The van der Waals surface area contributed by atoms with Crippen LogP contribution in [-0.4, -0.2) is 27.5 Å². The van der Waals surface area contributed by atoms with Gasteiger partial charge in [-0.3, -0.25) is 4.79 Å². The maximum Gasteiger partial charge on any atom is 0.271 e. The third-order valence-corrected chi connectivity index (χ3v) is 2.61. The molecule has 0 radical (unpaired) electrons. The van der Waals surface area contributed by atoms with Gasteiger partial charge in [-0.15, -0.1) is 6.58 Å². The molecule has 1 amide bonds. The molecule has 0 saturated carbocycles. The molecule has 94 valence electrons. The lowest BCUT2D eigenvalue weighted by atomic mass is 10.1. The molecular weight excluding hydrogens is 214 g/mol. The fourth-order valence-electron chi connectivity index (χ4n) is 1.73. The lowest BCUT2D eigenvalue weighted by molar-refractivity contribution is 0.0606. The van der Waals surface area contributed by atoms with Gasteiger partial charge in [0.25, 0.3) is 5.91 Å². The summed E-state index contributed by atoms with van der Waals surface area (Å²) in [5, 5.41) is 0. The van der Waals surface area contributed by atoms with E-state index in [1.165, 1.54) is 0 Å². The van der Waals surface area contributed by atoms with Crippen molar-refractivity contribution >= 4 is 11.6 Å². The van der Waals surface area contributed by atoms with Gasteiger partial charge in [0.2, 0.25) is 0 Å². The van der Waals surface area contributed by atoms with Crippen LogP contribution in [0, 0.1) is 0 Å². The molecule has 17 heavy (non-hydrogen) atoms. The summed E-state index contributed by atoms with van der Waals surface area (Å²) in [4.78, 5) is 14.2. The second-order valence-corrected chi connectivity index (χ2v) is 5.14. The molecule has 0 saturated heterocycles. The molecule has 1 rings (SSSR count). The average Bonchev–Trinajstić information content (AvgIpc) is 2.51. The quantitative estimate of drug-likeness (QED) is 0.815. The molecule has 0 aliphatic rings. The number of carbonyl (C=O) groups is 1. The SMILES string of the molecule is C=CCN(C(=O)c1cc(N)cn1C)C(C)(C)C. The number of nitrogen functional groups attached to an aromatic ring is 1. The molecule has 0 spiro atoms. The zero-order chi connectivity index (χ0) is 13.2. The molecule has 0 aliphatic carbocycles. The van der Waals surface area contributed by atoms with Crippen LogP contribution >= 0.6 is 0 Å². The van der Waals surface area contributed by atoms with E-state index in [9.17, 15) is 4.79 Å². The summed E-state index contributed by atoms with van der Waals surface area (Å²) >= 11 is 0. The van der Waals surface area contributed by atoms with Crippen LogP contribution in [0.4, 0.5) is 5.69 Å². The van der Waals surface area contributed by atoms with E-state index in [0.29, 0.717) is 17.9 Å². The number of aryl methyl sites for hydroxylation is 1. The Morgan fingerprint density at radius 3 is 2.53 bits per heavy atom. The molecular formula is C13H21N3O. The molecule has 2 N–H and O–H groups in total. The van der Waals surface area contributed by atoms with E-state index >= 15 is 0 Å². The number of amides is 1. The summed E-state index contributed by atoms with van der Waals surface area (Å²) in [6.07, 6.45) is 3.47. The number of nitrogens with zero attached hydrogens (tertiary/aromatic N) is 2. The second kappa shape index (κ2) is 4.65. The molecule has 1 heterocycles. The zero-order valence-electron chi connectivity index (χ0n) is 11.0. The topological polar surface area (TPSA) is 51.3 Å². The largest absolute Gasteiger partial charge is 0.397 e. The van der Waals surface area contributed by atoms with Gasteiger partial charge in [-0.2, -0.15) is 0 Å². The zero-order valence-corrected chi connectivity index (χ0v) is 11.0. The number of anilines is 1. The molecule has 0 fully saturated rings.